The van der Waals surface area contributed by atoms with E-state index in [1.807, 2.05) is 6.08 Å². The van der Waals surface area contributed by atoms with Crippen molar-refractivity contribution in [3.63, 3.8) is 0 Å². The summed E-state index contributed by atoms with van der Waals surface area (Å²) >= 11 is 0. The van der Waals surface area contributed by atoms with E-state index in [0.717, 1.165) is 13.2 Å². The third kappa shape index (κ3) is 37.4. The first-order chi connectivity index (χ1) is 15.3. The van der Waals surface area contributed by atoms with Crippen LogP contribution in [0.25, 0.3) is 0 Å². The summed E-state index contributed by atoms with van der Waals surface area (Å²) in [6, 6.07) is 0. The lowest BCUT2D eigenvalue weighted by molar-refractivity contribution is 0.125. The molecular weight excluding hydrogens is 376 g/mol. The van der Waals surface area contributed by atoms with Crippen molar-refractivity contribution in [2.75, 3.05) is 13.2 Å². The minimum Gasteiger partial charge on any atom is -0.381 e. The highest BCUT2D eigenvalue weighted by molar-refractivity contribution is 4.65. The zero-order chi connectivity index (χ0) is 23.1. The van der Waals surface area contributed by atoms with E-state index >= 15 is 0 Å². The number of hydrogen-bond acceptors (Lipinski definition) is 1. The Morgan fingerprint density at radius 2 is 0.710 bits per heavy atom. The molecule has 0 aromatic heterocycles. The molecule has 0 saturated heterocycles. The van der Waals surface area contributed by atoms with Gasteiger partial charge >= 0.3 is 0 Å². The molecule has 0 aromatic carbocycles. The fourth-order valence-corrected chi connectivity index (χ4v) is 3.85. The van der Waals surface area contributed by atoms with Crippen molar-refractivity contribution < 1.29 is 4.74 Å². The van der Waals surface area contributed by atoms with Crippen LogP contribution in [0.5, 0.6) is 0 Å². The minimum atomic E-state index is 0.987. The lowest BCUT2D eigenvalue weighted by Gasteiger charge is -2.04. The second-order valence-electron chi connectivity index (χ2n) is 9.41. The molecule has 31 heavy (non-hydrogen) atoms. The smallest absolute Gasteiger partial charge is 0.0466 e. The molecule has 1 nitrogen and oxygen atoms in total. The monoisotopic (exact) mass is 438 g/mol. The highest BCUT2D eigenvalue weighted by atomic mass is 16.5. The Labute approximate surface area is 199 Å². The zero-order valence-corrected chi connectivity index (χ0v) is 22.4. The number of rotatable bonds is 25. The first kappa shape index (κ1) is 32.9. The van der Waals surface area contributed by atoms with Crippen LogP contribution < -0.4 is 0 Å². The highest BCUT2D eigenvalue weighted by Crippen LogP contribution is 2.11. The van der Waals surface area contributed by atoms with Crippen molar-refractivity contribution in [3.8, 4) is 0 Å². The molecule has 0 saturated carbocycles. The largest absolute Gasteiger partial charge is 0.381 e. The molecule has 0 aliphatic carbocycles. The van der Waals surface area contributed by atoms with Crippen LogP contribution in [0, 0.1) is 0 Å². The van der Waals surface area contributed by atoms with E-state index in [0.29, 0.717) is 0 Å². The standard InChI is InChI=1S/C16H34O.C14H28/c1-3-5-7-9-11-13-15-17-16-14-12-10-8-6-4-2;1-3-5-7-9-11-13-14-12-10-8-6-4-2/h3-16H2,1-2H3;3H,1,4-14H2,2H3. The Balaban J connectivity index is 0. The molecule has 0 amide bonds. The molecule has 0 bridgehead atoms. The van der Waals surface area contributed by atoms with Crippen molar-refractivity contribution >= 4 is 0 Å². The number of ether oxygens (including phenoxy) is 1. The van der Waals surface area contributed by atoms with Crippen LogP contribution in [-0.2, 0) is 4.74 Å². The van der Waals surface area contributed by atoms with Gasteiger partial charge in [-0.25, -0.2) is 0 Å². The van der Waals surface area contributed by atoms with Gasteiger partial charge in [-0.2, -0.15) is 0 Å². The molecule has 0 atom stereocenters. The first-order valence-electron chi connectivity index (χ1n) is 14.5. The SMILES string of the molecule is C=CCCCCCCCCCCCC.CCCCCCCCOCCCCCCCC. The molecule has 0 aliphatic heterocycles. The quantitative estimate of drug-likeness (QED) is 0.102. The summed E-state index contributed by atoms with van der Waals surface area (Å²) in [6.45, 7) is 12.5. The molecule has 0 N–H and O–H groups in total. The van der Waals surface area contributed by atoms with Crippen LogP contribution in [0.1, 0.15) is 168 Å². The van der Waals surface area contributed by atoms with Crippen molar-refractivity contribution in [2.45, 2.75) is 168 Å². The predicted molar refractivity (Wildman–Crippen MR) is 144 cm³/mol. The lowest BCUT2D eigenvalue weighted by atomic mass is 10.1. The maximum Gasteiger partial charge on any atom is 0.0466 e. The van der Waals surface area contributed by atoms with E-state index < -0.39 is 0 Å². The van der Waals surface area contributed by atoms with E-state index in [9.17, 15) is 0 Å². The van der Waals surface area contributed by atoms with Gasteiger partial charge in [0.1, 0.15) is 0 Å². The van der Waals surface area contributed by atoms with Crippen LogP contribution in [-0.4, -0.2) is 13.2 Å². The molecule has 188 valence electrons. The summed E-state index contributed by atoms with van der Waals surface area (Å²) in [5.74, 6) is 0. The lowest BCUT2D eigenvalue weighted by Crippen LogP contribution is -1.97. The Kier molecular flexibility index (Phi) is 36.4. The summed E-state index contributed by atoms with van der Waals surface area (Å²) in [7, 11) is 0. The topological polar surface area (TPSA) is 9.23 Å². The molecule has 0 heterocycles. The highest BCUT2D eigenvalue weighted by Gasteiger charge is 1.93. The molecular formula is C30H62O. The van der Waals surface area contributed by atoms with Crippen LogP contribution in [0.2, 0.25) is 0 Å². The van der Waals surface area contributed by atoms with Gasteiger partial charge in [0.05, 0.1) is 0 Å². The van der Waals surface area contributed by atoms with Gasteiger partial charge in [-0.3, -0.25) is 0 Å². The Morgan fingerprint density at radius 1 is 0.419 bits per heavy atom. The zero-order valence-electron chi connectivity index (χ0n) is 22.4. The molecule has 0 spiro atoms. The van der Waals surface area contributed by atoms with E-state index in [2.05, 4.69) is 27.4 Å². The van der Waals surface area contributed by atoms with Gasteiger partial charge < -0.3 is 4.74 Å². The summed E-state index contributed by atoms with van der Waals surface area (Å²) in [6.07, 6.45) is 33.8. The average Bonchev–Trinajstić information content (AvgIpc) is 2.79. The van der Waals surface area contributed by atoms with Gasteiger partial charge in [0.15, 0.2) is 0 Å². The molecule has 0 rings (SSSR count). The molecule has 0 radical (unpaired) electrons. The Bertz CT molecular complexity index is 272. The van der Waals surface area contributed by atoms with Crippen molar-refractivity contribution in [1.82, 2.24) is 0 Å². The van der Waals surface area contributed by atoms with E-state index in [4.69, 9.17) is 4.74 Å². The third-order valence-electron chi connectivity index (χ3n) is 6.05. The number of unbranched alkanes of at least 4 members (excludes halogenated alkanes) is 20. The van der Waals surface area contributed by atoms with Gasteiger partial charge in [-0.15, -0.1) is 6.58 Å². The van der Waals surface area contributed by atoms with Crippen LogP contribution in [0.3, 0.4) is 0 Å². The van der Waals surface area contributed by atoms with Crippen LogP contribution >= 0.6 is 0 Å². The summed E-state index contributed by atoms with van der Waals surface area (Å²) in [5, 5.41) is 0. The Hall–Kier alpha value is -0.300. The second kappa shape index (κ2) is 34.3. The number of allylic oxidation sites excluding steroid dienone is 1. The third-order valence-corrected chi connectivity index (χ3v) is 6.05. The fourth-order valence-electron chi connectivity index (χ4n) is 3.85. The maximum atomic E-state index is 5.65. The van der Waals surface area contributed by atoms with Gasteiger partial charge in [-0.1, -0.05) is 149 Å². The molecule has 0 fully saturated rings. The van der Waals surface area contributed by atoms with Gasteiger partial charge in [0.25, 0.3) is 0 Å². The van der Waals surface area contributed by atoms with Gasteiger partial charge in [-0.05, 0) is 25.7 Å². The summed E-state index contributed by atoms with van der Waals surface area (Å²) in [5.41, 5.74) is 0. The number of hydrogen-bond donors (Lipinski definition) is 0. The maximum absolute atomic E-state index is 5.65. The molecule has 1 heteroatoms. The van der Waals surface area contributed by atoms with E-state index in [1.54, 1.807) is 0 Å². The molecule has 0 unspecified atom stereocenters. The first-order valence-corrected chi connectivity index (χ1v) is 14.5. The fraction of sp³-hybridized carbons (Fsp3) is 0.933. The average molecular weight is 439 g/mol. The predicted octanol–water partition coefficient (Wildman–Crippen LogP) is 11.2. The normalized spacial score (nSPS) is 10.7. The summed E-state index contributed by atoms with van der Waals surface area (Å²) in [4.78, 5) is 0. The Morgan fingerprint density at radius 3 is 1.03 bits per heavy atom. The van der Waals surface area contributed by atoms with E-state index in [-0.39, 0.29) is 0 Å². The van der Waals surface area contributed by atoms with Crippen molar-refractivity contribution in [2.24, 2.45) is 0 Å². The molecule has 0 aromatic rings. The van der Waals surface area contributed by atoms with Gasteiger partial charge in [0.2, 0.25) is 0 Å². The minimum absolute atomic E-state index is 0.987. The summed E-state index contributed by atoms with van der Waals surface area (Å²) < 4.78 is 5.65. The molecule has 0 aliphatic rings. The van der Waals surface area contributed by atoms with Gasteiger partial charge in [0, 0.05) is 13.2 Å². The van der Waals surface area contributed by atoms with Crippen LogP contribution in [0.15, 0.2) is 12.7 Å². The van der Waals surface area contributed by atoms with E-state index in [1.165, 1.54) is 148 Å². The second-order valence-corrected chi connectivity index (χ2v) is 9.41. The van der Waals surface area contributed by atoms with Crippen molar-refractivity contribution in [1.29, 1.82) is 0 Å². The van der Waals surface area contributed by atoms with Crippen LogP contribution in [0.4, 0.5) is 0 Å². The van der Waals surface area contributed by atoms with Crippen molar-refractivity contribution in [3.05, 3.63) is 12.7 Å².